The van der Waals surface area contributed by atoms with Crippen molar-refractivity contribution in [2.45, 2.75) is 38.0 Å². The number of carbonyl (C=O) groups is 1. The molecule has 0 saturated heterocycles. The first-order chi connectivity index (χ1) is 11.3. The molecular weight excluding hydrogens is 313 g/mol. The second kappa shape index (κ2) is 5.54. The summed E-state index contributed by atoms with van der Waals surface area (Å²) in [7, 11) is 0. The Morgan fingerprint density at radius 1 is 1.25 bits per heavy atom. The summed E-state index contributed by atoms with van der Waals surface area (Å²) in [5.41, 5.74) is -0.774. The van der Waals surface area contributed by atoms with Gasteiger partial charge in [0.1, 0.15) is 5.82 Å². The van der Waals surface area contributed by atoms with Crippen molar-refractivity contribution >= 4 is 5.97 Å². The normalized spacial score (nSPS) is 25.2. The number of hydrogen-bond acceptors (Lipinski definition) is 3. The number of benzene rings is 1. The highest BCUT2D eigenvalue weighted by Crippen LogP contribution is 2.61. The second-order valence-corrected chi connectivity index (χ2v) is 6.81. The third-order valence-corrected chi connectivity index (χ3v) is 5.63. The van der Waals surface area contributed by atoms with Crippen LogP contribution < -0.4 is 0 Å². The minimum Gasteiger partial charge on any atom is -0.478 e. The molecule has 126 valence electrons. The summed E-state index contributed by atoms with van der Waals surface area (Å²) in [5.74, 6) is -1.51. The fraction of sp³-hybridized carbons (Fsp3) is 0.389. The molecule has 2 aliphatic carbocycles. The molecule has 24 heavy (non-hydrogen) atoms. The van der Waals surface area contributed by atoms with E-state index in [1.165, 1.54) is 24.3 Å². The number of halogens is 1. The minimum absolute atomic E-state index is 0.0127. The zero-order valence-corrected chi connectivity index (χ0v) is 13.3. The largest absolute Gasteiger partial charge is 0.478 e. The van der Waals surface area contributed by atoms with Crippen LogP contribution in [-0.2, 0) is 10.2 Å². The van der Waals surface area contributed by atoms with Gasteiger partial charge >= 0.3 is 5.97 Å². The van der Waals surface area contributed by atoms with Crippen LogP contribution in [0.2, 0.25) is 0 Å². The molecule has 1 aromatic rings. The Labute approximate surface area is 138 Å². The molecule has 0 aromatic heterocycles. The van der Waals surface area contributed by atoms with Gasteiger partial charge in [0, 0.05) is 11.6 Å². The van der Waals surface area contributed by atoms with Crippen LogP contribution in [0.25, 0.3) is 0 Å². The van der Waals surface area contributed by atoms with Gasteiger partial charge in [-0.05, 0) is 48.4 Å². The Morgan fingerprint density at radius 2 is 1.88 bits per heavy atom. The number of nitro groups is 1. The molecule has 1 N–H and O–H groups in total. The molecule has 1 aromatic carbocycles. The van der Waals surface area contributed by atoms with E-state index in [4.69, 9.17) is 0 Å². The smallest absolute Gasteiger partial charge is 0.331 e. The minimum atomic E-state index is -1.08. The van der Waals surface area contributed by atoms with Crippen LogP contribution in [0.5, 0.6) is 0 Å². The van der Waals surface area contributed by atoms with Gasteiger partial charge in [-0.2, -0.15) is 0 Å². The number of rotatable bonds is 4. The number of carboxylic acid groups (broad SMARTS) is 1. The molecule has 0 spiro atoms. The molecule has 0 radical (unpaired) electrons. The maximum absolute atomic E-state index is 13.4. The maximum Gasteiger partial charge on any atom is 0.331 e. The molecule has 5 nitrogen and oxygen atoms in total. The van der Waals surface area contributed by atoms with Crippen molar-refractivity contribution in [1.82, 2.24) is 0 Å². The molecule has 0 amide bonds. The molecule has 3 rings (SSSR count). The quantitative estimate of drug-likeness (QED) is 0.671. The van der Waals surface area contributed by atoms with E-state index in [2.05, 4.69) is 0 Å². The molecule has 0 aliphatic heterocycles. The molecular formula is C18H18FNO4. The van der Waals surface area contributed by atoms with E-state index in [9.17, 15) is 24.4 Å². The van der Waals surface area contributed by atoms with Gasteiger partial charge < -0.3 is 5.11 Å². The lowest BCUT2D eigenvalue weighted by molar-refractivity contribution is -0.441. The van der Waals surface area contributed by atoms with Gasteiger partial charge in [-0.25, -0.2) is 9.18 Å². The van der Waals surface area contributed by atoms with Crippen LogP contribution in [0, 0.1) is 21.3 Å². The van der Waals surface area contributed by atoms with Gasteiger partial charge in [-0.3, -0.25) is 10.1 Å². The maximum atomic E-state index is 13.4. The number of hydrogen-bond donors (Lipinski definition) is 1. The highest BCUT2D eigenvalue weighted by atomic mass is 19.1. The van der Waals surface area contributed by atoms with E-state index in [1.54, 1.807) is 12.1 Å². The van der Waals surface area contributed by atoms with Crippen molar-refractivity contribution in [1.29, 1.82) is 0 Å². The molecule has 0 heterocycles. The van der Waals surface area contributed by atoms with Crippen molar-refractivity contribution in [2.24, 2.45) is 5.41 Å². The zero-order chi connectivity index (χ0) is 17.5. The number of carboxylic acids is 1. The Morgan fingerprint density at radius 3 is 2.33 bits per heavy atom. The molecule has 0 bridgehead atoms. The van der Waals surface area contributed by atoms with E-state index in [0.29, 0.717) is 5.56 Å². The van der Waals surface area contributed by atoms with E-state index in [1.807, 2.05) is 6.92 Å². The SMILES string of the molecule is CC1(C2(c3ccc(F)cc3)CC(C(=O)O)=CC=C2[N+](=O)[O-])CCC1. The summed E-state index contributed by atoms with van der Waals surface area (Å²) < 4.78 is 13.4. The Balaban J connectivity index is 2.26. The summed E-state index contributed by atoms with van der Waals surface area (Å²) in [6, 6.07) is 5.63. The van der Waals surface area contributed by atoms with Crippen LogP contribution in [0.15, 0.2) is 47.7 Å². The molecule has 2 aliphatic rings. The molecule has 1 atom stereocenters. The first kappa shape index (κ1) is 16.4. The Kier molecular flexibility index (Phi) is 3.78. The third-order valence-electron chi connectivity index (χ3n) is 5.63. The van der Waals surface area contributed by atoms with Crippen molar-refractivity contribution in [2.75, 3.05) is 0 Å². The Hall–Kier alpha value is -2.50. The molecule has 1 saturated carbocycles. The monoisotopic (exact) mass is 331 g/mol. The van der Waals surface area contributed by atoms with Gasteiger partial charge in [0.05, 0.1) is 10.3 Å². The van der Waals surface area contributed by atoms with Crippen molar-refractivity contribution < 1.29 is 19.2 Å². The lowest BCUT2D eigenvalue weighted by Crippen LogP contribution is -2.52. The fourth-order valence-corrected chi connectivity index (χ4v) is 4.11. The van der Waals surface area contributed by atoms with E-state index < -0.39 is 27.5 Å². The average Bonchev–Trinajstić information content (AvgIpc) is 2.52. The van der Waals surface area contributed by atoms with Crippen LogP contribution in [0.1, 0.15) is 38.2 Å². The molecule has 6 heteroatoms. The van der Waals surface area contributed by atoms with Gasteiger partial charge in [0.15, 0.2) is 0 Å². The highest BCUT2D eigenvalue weighted by molar-refractivity contribution is 5.88. The average molecular weight is 331 g/mol. The van der Waals surface area contributed by atoms with Crippen LogP contribution in [0.4, 0.5) is 4.39 Å². The van der Waals surface area contributed by atoms with E-state index in [0.717, 1.165) is 19.3 Å². The summed E-state index contributed by atoms with van der Waals surface area (Å²) in [4.78, 5) is 22.8. The van der Waals surface area contributed by atoms with Crippen molar-refractivity contribution in [3.05, 3.63) is 69.2 Å². The summed E-state index contributed by atoms with van der Waals surface area (Å²) in [6.07, 6.45) is 5.13. The fourth-order valence-electron chi connectivity index (χ4n) is 4.11. The summed E-state index contributed by atoms with van der Waals surface area (Å²) in [6.45, 7) is 1.96. The summed E-state index contributed by atoms with van der Waals surface area (Å²) in [5, 5.41) is 21.2. The van der Waals surface area contributed by atoms with Crippen LogP contribution in [-0.4, -0.2) is 16.0 Å². The van der Waals surface area contributed by atoms with Crippen LogP contribution in [0.3, 0.4) is 0 Å². The zero-order valence-electron chi connectivity index (χ0n) is 13.3. The van der Waals surface area contributed by atoms with Crippen molar-refractivity contribution in [3.8, 4) is 0 Å². The second-order valence-electron chi connectivity index (χ2n) is 6.81. The Bertz CT molecular complexity index is 762. The topological polar surface area (TPSA) is 80.4 Å². The van der Waals surface area contributed by atoms with Gasteiger partial charge in [-0.1, -0.05) is 25.5 Å². The van der Waals surface area contributed by atoms with Gasteiger partial charge in [0.25, 0.3) is 5.70 Å². The van der Waals surface area contributed by atoms with Crippen molar-refractivity contribution in [3.63, 3.8) is 0 Å². The first-order valence-electron chi connectivity index (χ1n) is 7.85. The van der Waals surface area contributed by atoms with Crippen LogP contribution >= 0.6 is 0 Å². The lowest BCUT2D eigenvalue weighted by Gasteiger charge is -2.53. The lowest BCUT2D eigenvalue weighted by atomic mass is 9.48. The first-order valence-corrected chi connectivity index (χ1v) is 7.85. The van der Waals surface area contributed by atoms with Gasteiger partial charge in [-0.15, -0.1) is 0 Å². The van der Waals surface area contributed by atoms with E-state index >= 15 is 0 Å². The van der Waals surface area contributed by atoms with E-state index in [-0.39, 0.29) is 17.7 Å². The summed E-state index contributed by atoms with van der Waals surface area (Å²) >= 11 is 0. The van der Waals surface area contributed by atoms with Gasteiger partial charge in [0.2, 0.25) is 0 Å². The number of nitrogens with zero attached hydrogens (tertiary/aromatic N) is 1. The number of aliphatic carboxylic acids is 1. The predicted molar refractivity (Wildman–Crippen MR) is 85.4 cm³/mol. The highest BCUT2D eigenvalue weighted by Gasteiger charge is 2.60. The third kappa shape index (κ3) is 2.25. The molecule has 1 unspecified atom stereocenters. The standard InChI is InChI=1S/C18H18FNO4/c1-17(9-2-10-17)18(13-4-6-14(19)7-5-13)11-12(16(21)22)3-8-15(18)20(23)24/h3-8H,2,9-11H2,1H3,(H,21,22). The number of allylic oxidation sites excluding steroid dienone is 3. The molecule has 1 fully saturated rings. The predicted octanol–water partition coefficient (Wildman–Crippen LogP) is 3.83.